The molecule has 1 heterocycles. The predicted octanol–water partition coefficient (Wildman–Crippen LogP) is 2.75. The molecule has 1 fully saturated rings. The van der Waals surface area contributed by atoms with Crippen LogP contribution in [0.2, 0.25) is 0 Å². The number of carbonyl (C=O) groups excluding carboxylic acids is 1. The molecule has 0 bridgehead atoms. The minimum atomic E-state index is -0.493. The number of hydrogen-bond donors (Lipinski definition) is 1. The van der Waals surface area contributed by atoms with Crippen LogP contribution in [0.15, 0.2) is 18.2 Å². The van der Waals surface area contributed by atoms with Gasteiger partial charge in [-0.15, -0.1) is 0 Å². The van der Waals surface area contributed by atoms with E-state index >= 15 is 0 Å². The number of rotatable bonds is 6. The smallest absolute Gasteiger partial charge is 0.328 e. The van der Waals surface area contributed by atoms with Crippen molar-refractivity contribution in [2.24, 2.45) is 0 Å². The molecule has 1 aromatic carbocycles. The van der Waals surface area contributed by atoms with Crippen molar-refractivity contribution in [3.8, 4) is 5.75 Å². The second kappa shape index (κ2) is 7.98. The Kier molecular flexibility index (Phi) is 6.00. The predicted molar refractivity (Wildman–Crippen MR) is 80.6 cm³/mol. The molecule has 22 heavy (non-hydrogen) atoms. The Balaban J connectivity index is 2.13. The minimum absolute atomic E-state index is 0.00527. The minimum Gasteiger partial charge on any atom is -0.488 e. The fraction of sp³-hybridized carbons (Fsp3) is 0.562. The molecule has 0 amide bonds. The highest BCUT2D eigenvalue weighted by molar-refractivity contribution is 5.80. The van der Waals surface area contributed by atoms with Crippen LogP contribution >= 0.6 is 0 Å². The molecule has 0 radical (unpaired) electrons. The SMILES string of the molecule is CCC(Nc1ccc(F)cc1OC1CCOCC1)C(=O)OC. The summed E-state index contributed by atoms with van der Waals surface area (Å²) in [4.78, 5) is 11.7. The summed E-state index contributed by atoms with van der Waals surface area (Å²) in [5, 5.41) is 3.07. The molecular formula is C16H22FNO4. The first kappa shape index (κ1) is 16.5. The second-order valence-corrected chi connectivity index (χ2v) is 5.20. The number of methoxy groups -OCH3 is 1. The van der Waals surface area contributed by atoms with Crippen molar-refractivity contribution in [3.63, 3.8) is 0 Å². The number of halogens is 1. The van der Waals surface area contributed by atoms with E-state index in [1.54, 1.807) is 6.07 Å². The Bertz CT molecular complexity index is 503. The van der Waals surface area contributed by atoms with Crippen molar-refractivity contribution < 1.29 is 23.4 Å². The number of carbonyl (C=O) groups is 1. The highest BCUT2D eigenvalue weighted by Crippen LogP contribution is 2.29. The van der Waals surface area contributed by atoms with E-state index in [9.17, 15) is 9.18 Å². The normalized spacial score (nSPS) is 16.9. The van der Waals surface area contributed by atoms with Crippen LogP contribution < -0.4 is 10.1 Å². The molecule has 122 valence electrons. The molecule has 1 saturated heterocycles. The van der Waals surface area contributed by atoms with Crippen molar-refractivity contribution in [2.75, 3.05) is 25.6 Å². The topological polar surface area (TPSA) is 56.8 Å². The lowest BCUT2D eigenvalue weighted by molar-refractivity contribution is -0.141. The number of anilines is 1. The quantitative estimate of drug-likeness (QED) is 0.819. The molecule has 0 saturated carbocycles. The first-order valence-corrected chi connectivity index (χ1v) is 7.52. The summed E-state index contributed by atoms with van der Waals surface area (Å²) in [6, 6.07) is 3.76. The van der Waals surface area contributed by atoms with E-state index in [1.807, 2.05) is 6.92 Å². The van der Waals surface area contributed by atoms with Gasteiger partial charge < -0.3 is 19.5 Å². The highest BCUT2D eigenvalue weighted by Gasteiger charge is 2.21. The number of hydrogen-bond acceptors (Lipinski definition) is 5. The zero-order chi connectivity index (χ0) is 15.9. The van der Waals surface area contributed by atoms with Crippen LogP contribution in [0.1, 0.15) is 26.2 Å². The van der Waals surface area contributed by atoms with Gasteiger partial charge in [-0.2, -0.15) is 0 Å². The van der Waals surface area contributed by atoms with Gasteiger partial charge >= 0.3 is 5.97 Å². The molecular weight excluding hydrogens is 289 g/mol. The van der Waals surface area contributed by atoms with Crippen LogP contribution in [0.5, 0.6) is 5.75 Å². The third-order valence-electron chi connectivity index (χ3n) is 3.63. The second-order valence-electron chi connectivity index (χ2n) is 5.20. The lowest BCUT2D eigenvalue weighted by atomic mass is 10.1. The van der Waals surface area contributed by atoms with Crippen LogP contribution in [-0.4, -0.2) is 38.4 Å². The van der Waals surface area contributed by atoms with E-state index in [0.717, 1.165) is 12.8 Å². The first-order valence-electron chi connectivity index (χ1n) is 7.52. The third kappa shape index (κ3) is 4.34. The van der Waals surface area contributed by atoms with Gasteiger partial charge in [-0.1, -0.05) is 6.92 Å². The standard InChI is InChI=1S/C16H22FNO4/c1-3-13(16(19)20-2)18-14-5-4-11(17)10-15(14)22-12-6-8-21-9-7-12/h4-5,10,12-13,18H,3,6-9H2,1-2H3. The van der Waals surface area contributed by atoms with Gasteiger partial charge in [-0.3, -0.25) is 0 Å². The molecule has 1 unspecified atom stereocenters. The Morgan fingerprint density at radius 2 is 2.18 bits per heavy atom. The lowest BCUT2D eigenvalue weighted by Crippen LogP contribution is -2.31. The average molecular weight is 311 g/mol. The molecule has 5 nitrogen and oxygen atoms in total. The largest absolute Gasteiger partial charge is 0.488 e. The van der Waals surface area contributed by atoms with Crippen LogP contribution in [0.3, 0.4) is 0 Å². The van der Waals surface area contributed by atoms with Gasteiger partial charge in [0.05, 0.1) is 26.0 Å². The molecule has 1 aliphatic rings. The molecule has 1 aromatic rings. The molecule has 2 rings (SSSR count). The Labute approximate surface area is 129 Å². The molecule has 6 heteroatoms. The number of benzene rings is 1. The van der Waals surface area contributed by atoms with E-state index in [0.29, 0.717) is 31.1 Å². The molecule has 1 aliphatic heterocycles. The number of esters is 1. The fourth-order valence-corrected chi connectivity index (χ4v) is 2.34. The lowest BCUT2D eigenvalue weighted by Gasteiger charge is -2.25. The van der Waals surface area contributed by atoms with Crippen LogP contribution in [-0.2, 0) is 14.3 Å². The Morgan fingerprint density at radius 1 is 1.45 bits per heavy atom. The average Bonchev–Trinajstić information content (AvgIpc) is 2.54. The zero-order valence-electron chi connectivity index (χ0n) is 12.9. The van der Waals surface area contributed by atoms with Gasteiger partial charge in [0, 0.05) is 18.9 Å². The third-order valence-corrected chi connectivity index (χ3v) is 3.63. The molecule has 0 spiro atoms. The fourth-order valence-electron chi connectivity index (χ4n) is 2.34. The van der Waals surface area contributed by atoms with E-state index in [4.69, 9.17) is 14.2 Å². The molecule has 1 N–H and O–H groups in total. The van der Waals surface area contributed by atoms with E-state index in [-0.39, 0.29) is 17.9 Å². The van der Waals surface area contributed by atoms with Gasteiger partial charge in [0.15, 0.2) is 0 Å². The molecule has 0 aromatic heterocycles. The summed E-state index contributed by atoms with van der Waals surface area (Å²) in [7, 11) is 1.34. The van der Waals surface area contributed by atoms with Crippen molar-refractivity contribution in [3.05, 3.63) is 24.0 Å². The van der Waals surface area contributed by atoms with E-state index < -0.39 is 6.04 Å². The van der Waals surface area contributed by atoms with Gasteiger partial charge in [0.2, 0.25) is 0 Å². The van der Waals surface area contributed by atoms with Crippen LogP contribution in [0.25, 0.3) is 0 Å². The van der Waals surface area contributed by atoms with Crippen molar-refractivity contribution in [1.29, 1.82) is 0 Å². The number of nitrogens with one attached hydrogen (secondary N) is 1. The summed E-state index contributed by atoms with van der Waals surface area (Å²) in [5.74, 6) is -0.322. The summed E-state index contributed by atoms with van der Waals surface area (Å²) in [6.07, 6.45) is 2.09. The van der Waals surface area contributed by atoms with Crippen molar-refractivity contribution in [1.82, 2.24) is 0 Å². The van der Waals surface area contributed by atoms with Crippen molar-refractivity contribution in [2.45, 2.75) is 38.3 Å². The van der Waals surface area contributed by atoms with Gasteiger partial charge in [0.25, 0.3) is 0 Å². The van der Waals surface area contributed by atoms with Crippen LogP contribution in [0, 0.1) is 5.82 Å². The first-order chi connectivity index (χ1) is 10.6. The van der Waals surface area contributed by atoms with Crippen LogP contribution in [0.4, 0.5) is 10.1 Å². The summed E-state index contributed by atoms with van der Waals surface area (Å²) < 4.78 is 29.5. The zero-order valence-corrected chi connectivity index (χ0v) is 12.9. The van der Waals surface area contributed by atoms with Crippen molar-refractivity contribution >= 4 is 11.7 Å². The maximum Gasteiger partial charge on any atom is 0.328 e. The summed E-state index contributed by atoms with van der Waals surface area (Å²) >= 11 is 0. The summed E-state index contributed by atoms with van der Waals surface area (Å²) in [6.45, 7) is 3.15. The summed E-state index contributed by atoms with van der Waals surface area (Å²) in [5.41, 5.74) is 0.588. The highest BCUT2D eigenvalue weighted by atomic mass is 19.1. The number of ether oxygens (including phenoxy) is 3. The van der Waals surface area contributed by atoms with Gasteiger partial charge in [-0.25, -0.2) is 9.18 Å². The van der Waals surface area contributed by atoms with Gasteiger partial charge in [0.1, 0.15) is 23.7 Å². The molecule has 1 atom stereocenters. The maximum atomic E-state index is 13.5. The Morgan fingerprint density at radius 3 is 2.82 bits per heavy atom. The van der Waals surface area contributed by atoms with E-state index in [1.165, 1.54) is 19.2 Å². The Hall–Kier alpha value is -1.82. The monoisotopic (exact) mass is 311 g/mol. The van der Waals surface area contributed by atoms with E-state index in [2.05, 4.69) is 5.32 Å². The van der Waals surface area contributed by atoms with Gasteiger partial charge in [-0.05, 0) is 18.6 Å². The molecule has 0 aliphatic carbocycles. The maximum absolute atomic E-state index is 13.5.